The lowest BCUT2D eigenvalue weighted by atomic mass is 10.2. The summed E-state index contributed by atoms with van der Waals surface area (Å²) in [6.45, 7) is 0. The molecule has 0 atom stereocenters. The van der Waals surface area contributed by atoms with Crippen LogP contribution in [0.25, 0.3) is 0 Å². The molecular weight excluding hydrogens is 325 g/mol. The van der Waals surface area contributed by atoms with Crippen molar-refractivity contribution in [2.24, 2.45) is 5.10 Å². The number of hydrogen-bond donors (Lipinski definition) is 1. The lowest BCUT2D eigenvalue weighted by Crippen LogP contribution is -2.06. The molecule has 2 aromatic carbocycles. The van der Waals surface area contributed by atoms with Gasteiger partial charge in [0.1, 0.15) is 5.69 Å². The second-order valence-electron chi connectivity index (χ2n) is 4.16. The summed E-state index contributed by atoms with van der Waals surface area (Å²) in [5.41, 5.74) is 0.522. The summed E-state index contributed by atoms with van der Waals surface area (Å²) in [7, 11) is 0. The minimum atomic E-state index is -2.27. The van der Waals surface area contributed by atoms with Crippen molar-refractivity contribution in [1.82, 2.24) is 0 Å². The molecule has 0 unspecified atom stereocenters. The van der Waals surface area contributed by atoms with Gasteiger partial charge in [0.05, 0.1) is 11.1 Å². The quantitative estimate of drug-likeness (QED) is 0.232. The summed E-state index contributed by atoms with van der Waals surface area (Å²) in [5.74, 6) is -10.6. The Hall–Kier alpha value is -3.04. The Morgan fingerprint density at radius 1 is 0.913 bits per heavy atom. The zero-order chi connectivity index (χ0) is 17.1. The van der Waals surface area contributed by atoms with Crippen molar-refractivity contribution < 1.29 is 26.9 Å². The molecule has 1 N–H and O–H groups in total. The summed E-state index contributed by atoms with van der Waals surface area (Å²) in [6, 6.07) is 4.86. The van der Waals surface area contributed by atoms with Crippen molar-refractivity contribution in [3.05, 3.63) is 69.0 Å². The number of non-ortho nitro benzene ring substituents is 1. The number of nitrogens with zero attached hydrogens (tertiary/aromatic N) is 2. The molecule has 0 saturated carbocycles. The van der Waals surface area contributed by atoms with Crippen molar-refractivity contribution in [3.8, 4) is 0 Å². The van der Waals surface area contributed by atoms with Crippen molar-refractivity contribution in [3.63, 3.8) is 0 Å². The van der Waals surface area contributed by atoms with Crippen LogP contribution in [0.4, 0.5) is 33.3 Å². The lowest BCUT2D eigenvalue weighted by molar-refractivity contribution is -0.384. The first kappa shape index (κ1) is 16.3. The zero-order valence-electron chi connectivity index (χ0n) is 11.0. The van der Waals surface area contributed by atoms with Gasteiger partial charge in [-0.15, -0.1) is 0 Å². The van der Waals surface area contributed by atoms with E-state index in [-0.39, 0.29) is 5.69 Å². The van der Waals surface area contributed by atoms with E-state index >= 15 is 0 Å². The molecule has 2 rings (SSSR count). The van der Waals surface area contributed by atoms with E-state index in [2.05, 4.69) is 5.10 Å². The van der Waals surface area contributed by atoms with Crippen LogP contribution in [0.2, 0.25) is 0 Å². The van der Waals surface area contributed by atoms with E-state index in [0.29, 0.717) is 5.56 Å². The molecule has 2 aromatic rings. The lowest BCUT2D eigenvalue weighted by Gasteiger charge is -2.06. The molecule has 0 fully saturated rings. The highest BCUT2D eigenvalue weighted by Crippen LogP contribution is 2.27. The Morgan fingerprint density at radius 3 is 1.87 bits per heavy atom. The van der Waals surface area contributed by atoms with E-state index in [4.69, 9.17) is 0 Å². The fourth-order valence-corrected chi connectivity index (χ4v) is 1.56. The van der Waals surface area contributed by atoms with Crippen LogP contribution < -0.4 is 5.43 Å². The first-order valence-electron chi connectivity index (χ1n) is 5.88. The third-order valence-corrected chi connectivity index (χ3v) is 2.70. The van der Waals surface area contributed by atoms with Gasteiger partial charge in [-0.3, -0.25) is 15.5 Å². The summed E-state index contributed by atoms with van der Waals surface area (Å²) in [4.78, 5) is 9.82. The number of nitrogens with one attached hydrogen (secondary N) is 1. The highest BCUT2D eigenvalue weighted by Gasteiger charge is 2.25. The molecule has 0 aliphatic carbocycles. The number of nitro groups is 1. The molecule has 0 saturated heterocycles. The fraction of sp³-hybridized carbons (Fsp3) is 0. The maximum absolute atomic E-state index is 13.3. The van der Waals surface area contributed by atoms with Crippen LogP contribution in [0.1, 0.15) is 5.56 Å². The first-order valence-corrected chi connectivity index (χ1v) is 5.88. The van der Waals surface area contributed by atoms with Crippen LogP contribution >= 0.6 is 0 Å². The van der Waals surface area contributed by atoms with E-state index in [1.54, 1.807) is 5.43 Å². The summed E-state index contributed by atoms with van der Waals surface area (Å²) in [6.07, 6.45) is 0.988. The van der Waals surface area contributed by atoms with Crippen LogP contribution in [0, 0.1) is 39.2 Å². The number of halogens is 5. The van der Waals surface area contributed by atoms with Gasteiger partial charge in [-0.2, -0.15) is 5.10 Å². The van der Waals surface area contributed by atoms with Crippen molar-refractivity contribution in [2.75, 3.05) is 5.43 Å². The second-order valence-corrected chi connectivity index (χ2v) is 4.16. The first-order chi connectivity index (χ1) is 10.8. The molecule has 0 amide bonds. The van der Waals surface area contributed by atoms with Gasteiger partial charge in [-0.1, -0.05) is 0 Å². The van der Waals surface area contributed by atoms with Gasteiger partial charge in [0.25, 0.3) is 5.69 Å². The molecule has 0 spiro atoms. The van der Waals surface area contributed by atoms with Crippen LogP contribution in [0.15, 0.2) is 29.4 Å². The normalized spacial score (nSPS) is 11.0. The topological polar surface area (TPSA) is 67.5 Å². The van der Waals surface area contributed by atoms with E-state index in [0.717, 1.165) is 18.3 Å². The number of hydrazone groups is 1. The Morgan fingerprint density at radius 2 is 1.39 bits per heavy atom. The summed E-state index contributed by atoms with van der Waals surface area (Å²) < 4.78 is 65.4. The van der Waals surface area contributed by atoms with Gasteiger partial charge in [0, 0.05) is 12.1 Å². The minimum Gasteiger partial charge on any atom is -0.272 e. The third kappa shape index (κ3) is 3.25. The summed E-state index contributed by atoms with van der Waals surface area (Å²) >= 11 is 0. The second kappa shape index (κ2) is 6.38. The van der Waals surface area contributed by atoms with Crippen LogP contribution in [-0.4, -0.2) is 11.1 Å². The molecule has 0 radical (unpaired) electrons. The third-order valence-electron chi connectivity index (χ3n) is 2.70. The molecule has 0 aromatic heterocycles. The summed E-state index contributed by atoms with van der Waals surface area (Å²) in [5, 5.41) is 13.8. The van der Waals surface area contributed by atoms with Gasteiger partial charge in [-0.25, -0.2) is 22.0 Å². The highest BCUT2D eigenvalue weighted by atomic mass is 19.2. The molecule has 0 aliphatic heterocycles. The Bertz CT molecular complexity index is 764. The standard InChI is InChI=1S/C13H6F5N3O2/c14-8-9(15)11(17)13(12(18)10(8)16)20-19-5-6-1-3-7(4-2-6)21(22)23/h1-5,20H/b19-5-. The molecule has 0 heterocycles. The van der Waals surface area contributed by atoms with Gasteiger partial charge in [0.2, 0.25) is 5.82 Å². The van der Waals surface area contributed by atoms with Gasteiger partial charge in [-0.05, 0) is 17.7 Å². The smallest absolute Gasteiger partial charge is 0.269 e. The fourth-order valence-electron chi connectivity index (χ4n) is 1.56. The van der Waals surface area contributed by atoms with Crippen molar-refractivity contribution >= 4 is 17.6 Å². The zero-order valence-corrected chi connectivity index (χ0v) is 11.0. The number of benzene rings is 2. The number of rotatable bonds is 4. The van der Waals surface area contributed by atoms with E-state index < -0.39 is 39.7 Å². The maximum atomic E-state index is 13.3. The number of anilines is 1. The van der Waals surface area contributed by atoms with Gasteiger partial charge in [0.15, 0.2) is 23.3 Å². The van der Waals surface area contributed by atoms with Gasteiger partial charge < -0.3 is 0 Å². The Balaban J connectivity index is 2.22. The van der Waals surface area contributed by atoms with Crippen LogP contribution in [-0.2, 0) is 0 Å². The van der Waals surface area contributed by atoms with Crippen LogP contribution in [0.3, 0.4) is 0 Å². The SMILES string of the molecule is O=[N+]([O-])c1ccc(/C=N\Nc2c(F)c(F)c(F)c(F)c2F)cc1. The molecule has 5 nitrogen and oxygen atoms in total. The van der Waals surface area contributed by atoms with Crippen LogP contribution in [0.5, 0.6) is 0 Å². The van der Waals surface area contributed by atoms with E-state index in [1.807, 2.05) is 0 Å². The molecule has 10 heteroatoms. The monoisotopic (exact) mass is 331 g/mol. The predicted octanol–water partition coefficient (Wildman–Crippen LogP) is 3.74. The molecule has 23 heavy (non-hydrogen) atoms. The number of nitro benzene ring substituents is 1. The Kier molecular flexibility index (Phi) is 4.53. The van der Waals surface area contributed by atoms with E-state index in [9.17, 15) is 32.1 Å². The average molecular weight is 331 g/mol. The molecule has 0 aliphatic rings. The van der Waals surface area contributed by atoms with Crippen molar-refractivity contribution in [2.45, 2.75) is 0 Å². The number of hydrogen-bond acceptors (Lipinski definition) is 4. The highest BCUT2D eigenvalue weighted by molar-refractivity contribution is 5.80. The minimum absolute atomic E-state index is 0.185. The molecular formula is C13H6F5N3O2. The van der Waals surface area contributed by atoms with Crippen molar-refractivity contribution in [1.29, 1.82) is 0 Å². The molecule has 120 valence electrons. The Labute approximate surface area is 125 Å². The molecule has 0 bridgehead atoms. The largest absolute Gasteiger partial charge is 0.272 e. The maximum Gasteiger partial charge on any atom is 0.269 e. The van der Waals surface area contributed by atoms with E-state index in [1.165, 1.54) is 12.1 Å². The average Bonchev–Trinajstić information content (AvgIpc) is 2.54. The predicted molar refractivity (Wildman–Crippen MR) is 70.5 cm³/mol. The van der Waals surface area contributed by atoms with Gasteiger partial charge >= 0.3 is 0 Å².